The first-order valence-corrected chi connectivity index (χ1v) is 4.42. The van der Waals surface area contributed by atoms with Crippen molar-refractivity contribution >= 4 is 11.6 Å². The lowest BCUT2D eigenvalue weighted by Crippen LogP contribution is -2.23. The van der Waals surface area contributed by atoms with Gasteiger partial charge in [0.05, 0.1) is 0 Å². The zero-order chi connectivity index (χ0) is 9.42. The number of ketones is 2. The monoisotopic (exact) mass is 178 g/mol. The highest BCUT2D eigenvalue weighted by atomic mass is 16.3. The number of rotatable bonds is 0. The average molecular weight is 178 g/mol. The highest BCUT2D eigenvalue weighted by Crippen LogP contribution is 2.32. The minimum absolute atomic E-state index is 0.000648. The Morgan fingerprint density at radius 2 is 1.69 bits per heavy atom. The predicted molar refractivity (Wildman–Crippen MR) is 46.2 cm³/mol. The zero-order valence-corrected chi connectivity index (χ0v) is 7.17. The van der Waals surface area contributed by atoms with E-state index in [9.17, 15) is 14.7 Å². The molecule has 2 rings (SSSR count). The van der Waals surface area contributed by atoms with E-state index in [-0.39, 0.29) is 5.76 Å². The molecule has 0 saturated heterocycles. The van der Waals surface area contributed by atoms with Gasteiger partial charge in [0.15, 0.2) is 0 Å². The summed E-state index contributed by atoms with van der Waals surface area (Å²) in [5.41, 5.74) is 1.23. The topological polar surface area (TPSA) is 54.4 Å². The second kappa shape index (κ2) is 2.83. The smallest absolute Gasteiger partial charge is 0.229 e. The molecule has 0 fully saturated rings. The number of Topliss-reactive ketones (excluding diaryl/α,β-unsaturated/α-hetero) is 1. The molecule has 13 heavy (non-hydrogen) atoms. The lowest BCUT2D eigenvalue weighted by Gasteiger charge is -2.20. The maximum atomic E-state index is 11.3. The van der Waals surface area contributed by atoms with Gasteiger partial charge in [-0.1, -0.05) is 0 Å². The number of hydrogen-bond acceptors (Lipinski definition) is 3. The minimum atomic E-state index is -0.585. The molecule has 0 aromatic carbocycles. The largest absolute Gasteiger partial charge is 0.508 e. The van der Waals surface area contributed by atoms with Crippen LogP contribution in [-0.4, -0.2) is 16.7 Å². The molecule has 0 heterocycles. The number of allylic oxidation sites excluding steroid dienone is 3. The Balaban J connectivity index is 2.48. The van der Waals surface area contributed by atoms with Gasteiger partial charge in [0.25, 0.3) is 0 Å². The summed E-state index contributed by atoms with van der Waals surface area (Å²) in [6.07, 6.45) is 4.31. The Morgan fingerprint density at radius 1 is 1.08 bits per heavy atom. The van der Waals surface area contributed by atoms with Crippen LogP contribution in [0.15, 0.2) is 23.0 Å². The first kappa shape index (κ1) is 8.23. The van der Waals surface area contributed by atoms with E-state index < -0.39 is 11.6 Å². The molecule has 0 aromatic heterocycles. The third-order valence-corrected chi connectivity index (χ3v) is 2.54. The molecule has 68 valence electrons. The third kappa shape index (κ3) is 1.20. The molecule has 0 spiro atoms. The Labute approximate surface area is 75.8 Å². The quantitative estimate of drug-likeness (QED) is 0.451. The zero-order valence-electron chi connectivity index (χ0n) is 7.17. The van der Waals surface area contributed by atoms with Crippen LogP contribution < -0.4 is 0 Å². The van der Waals surface area contributed by atoms with Gasteiger partial charge in [-0.3, -0.25) is 9.59 Å². The maximum Gasteiger partial charge on any atom is 0.229 e. The molecule has 0 aliphatic heterocycles. The Bertz CT molecular complexity index is 347. The van der Waals surface area contributed by atoms with Gasteiger partial charge in [-0.2, -0.15) is 0 Å². The van der Waals surface area contributed by atoms with E-state index in [4.69, 9.17) is 0 Å². The number of carbonyl (C=O) groups excluding carboxylic acids is 2. The summed E-state index contributed by atoms with van der Waals surface area (Å²) in [6.45, 7) is 0. The summed E-state index contributed by atoms with van der Waals surface area (Å²) in [6, 6.07) is 0. The van der Waals surface area contributed by atoms with Crippen molar-refractivity contribution in [3.05, 3.63) is 23.0 Å². The number of carbonyl (C=O) groups is 2. The Hall–Kier alpha value is -1.38. The van der Waals surface area contributed by atoms with Gasteiger partial charge in [0, 0.05) is 17.2 Å². The van der Waals surface area contributed by atoms with Gasteiger partial charge in [0.2, 0.25) is 11.6 Å². The average Bonchev–Trinajstić information content (AvgIpc) is 2.15. The lowest BCUT2D eigenvalue weighted by molar-refractivity contribution is -0.132. The highest BCUT2D eigenvalue weighted by molar-refractivity contribution is 6.48. The first-order valence-electron chi connectivity index (χ1n) is 4.42. The van der Waals surface area contributed by atoms with Crippen LogP contribution >= 0.6 is 0 Å². The van der Waals surface area contributed by atoms with Crippen LogP contribution in [0.2, 0.25) is 0 Å². The van der Waals surface area contributed by atoms with E-state index in [0.29, 0.717) is 17.6 Å². The standard InChI is InChI=1S/C10H10O3/c11-8-5-9(12)10(13)7-4-2-1-3-6(7)8/h5,11H,1-4H2. The van der Waals surface area contributed by atoms with Crippen molar-refractivity contribution in [3.63, 3.8) is 0 Å². The van der Waals surface area contributed by atoms with Crippen molar-refractivity contribution in [3.8, 4) is 0 Å². The van der Waals surface area contributed by atoms with Crippen molar-refractivity contribution in [1.29, 1.82) is 0 Å². The van der Waals surface area contributed by atoms with Gasteiger partial charge in [0.1, 0.15) is 5.76 Å². The highest BCUT2D eigenvalue weighted by Gasteiger charge is 2.29. The fraction of sp³-hybridized carbons (Fsp3) is 0.400. The van der Waals surface area contributed by atoms with Gasteiger partial charge in [-0.05, 0) is 25.7 Å². The number of aliphatic hydroxyl groups is 1. The fourth-order valence-electron chi connectivity index (χ4n) is 1.86. The van der Waals surface area contributed by atoms with Crippen molar-refractivity contribution in [2.24, 2.45) is 0 Å². The summed E-state index contributed by atoms with van der Waals surface area (Å²) < 4.78 is 0. The SMILES string of the molecule is O=C1C=C(O)C2=C(CCCC2)C1=O. The second-order valence-corrected chi connectivity index (χ2v) is 3.39. The Morgan fingerprint density at radius 3 is 2.38 bits per heavy atom. The fourth-order valence-corrected chi connectivity index (χ4v) is 1.86. The molecular weight excluding hydrogens is 168 g/mol. The van der Waals surface area contributed by atoms with Crippen LogP contribution in [0, 0.1) is 0 Å². The Kier molecular flexibility index (Phi) is 1.79. The van der Waals surface area contributed by atoms with Crippen LogP contribution in [0.5, 0.6) is 0 Å². The first-order chi connectivity index (χ1) is 6.20. The molecule has 0 radical (unpaired) electrons. The van der Waals surface area contributed by atoms with Gasteiger partial charge in [-0.15, -0.1) is 0 Å². The van der Waals surface area contributed by atoms with E-state index in [2.05, 4.69) is 0 Å². The van der Waals surface area contributed by atoms with Gasteiger partial charge >= 0.3 is 0 Å². The summed E-state index contributed by atoms with van der Waals surface area (Å²) in [5.74, 6) is -1.01. The molecule has 2 aliphatic rings. The molecule has 0 unspecified atom stereocenters. The van der Waals surface area contributed by atoms with Gasteiger partial charge < -0.3 is 5.11 Å². The maximum absolute atomic E-state index is 11.3. The summed E-state index contributed by atoms with van der Waals surface area (Å²) in [4.78, 5) is 22.4. The third-order valence-electron chi connectivity index (χ3n) is 2.54. The molecule has 3 heteroatoms. The van der Waals surface area contributed by atoms with Crippen LogP contribution in [0.1, 0.15) is 25.7 Å². The van der Waals surface area contributed by atoms with Gasteiger partial charge in [-0.25, -0.2) is 0 Å². The lowest BCUT2D eigenvalue weighted by atomic mass is 9.84. The van der Waals surface area contributed by atoms with E-state index >= 15 is 0 Å². The molecule has 0 saturated carbocycles. The minimum Gasteiger partial charge on any atom is -0.508 e. The van der Waals surface area contributed by atoms with Crippen molar-refractivity contribution < 1.29 is 14.7 Å². The summed E-state index contributed by atoms with van der Waals surface area (Å²) >= 11 is 0. The molecule has 1 N–H and O–H groups in total. The van der Waals surface area contributed by atoms with Crippen LogP contribution in [0.25, 0.3) is 0 Å². The van der Waals surface area contributed by atoms with Crippen molar-refractivity contribution in [2.45, 2.75) is 25.7 Å². The van der Waals surface area contributed by atoms with E-state index in [0.717, 1.165) is 25.3 Å². The molecular formula is C10H10O3. The number of aliphatic hydroxyl groups excluding tert-OH is 1. The molecule has 0 aromatic rings. The van der Waals surface area contributed by atoms with Crippen LogP contribution in [-0.2, 0) is 9.59 Å². The van der Waals surface area contributed by atoms with E-state index in [1.807, 2.05) is 0 Å². The predicted octanol–water partition coefficient (Wildman–Crippen LogP) is 1.45. The molecule has 0 bridgehead atoms. The number of hydrogen-bond donors (Lipinski definition) is 1. The molecule has 3 nitrogen and oxygen atoms in total. The molecule has 2 aliphatic carbocycles. The van der Waals surface area contributed by atoms with E-state index in [1.165, 1.54) is 0 Å². The van der Waals surface area contributed by atoms with E-state index in [1.54, 1.807) is 0 Å². The van der Waals surface area contributed by atoms with Crippen molar-refractivity contribution in [1.82, 2.24) is 0 Å². The summed E-state index contributed by atoms with van der Waals surface area (Å²) in [7, 11) is 0. The van der Waals surface area contributed by atoms with Crippen LogP contribution in [0.3, 0.4) is 0 Å². The summed E-state index contributed by atoms with van der Waals surface area (Å²) in [5, 5.41) is 9.42. The normalized spacial score (nSPS) is 22.9. The molecule has 0 atom stereocenters. The van der Waals surface area contributed by atoms with Crippen LogP contribution in [0.4, 0.5) is 0 Å². The second-order valence-electron chi connectivity index (χ2n) is 3.39. The van der Waals surface area contributed by atoms with Crippen molar-refractivity contribution in [2.75, 3.05) is 0 Å². The molecule has 0 amide bonds.